The van der Waals surface area contributed by atoms with Crippen molar-refractivity contribution in [2.24, 2.45) is 10.8 Å². The number of carbonyl (C=O) groups excluding carboxylic acids is 6. The molecule has 0 aliphatic carbocycles. The van der Waals surface area contributed by atoms with Crippen LogP contribution in [0.3, 0.4) is 0 Å². The Labute approximate surface area is 202 Å². The maximum Gasteiger partial charge on any atom is 2.00 e. The van der Waals surface area contributed by atoms with E-state index in [1.807, 2.05) is 55.4 Å². The molecule has 32 heavy (non-hydrogen) atoms. The molecule has 181 valence electrons. The van der Waals surface area contributed by atoms with Gasteiger partial charge in [-0.25, -0.2) is 0 Å². The molecule has 0 bridgehead atoms. The van der Waals surface area contributed by atoms with Crippen molar-refractivity contribution >= 4 is 52.4 Å². The molecule has 0 aliphatic heterocycles. The van der Waals surface area contributed by atoms with Crippen molar-refractivity contribution in [2.75, 3.05) is 0 Å². The number of ketones is 4. The average molecular weight is 470 g/mol. The minimum atomic E-state index is -1.28. The monoisotopic (exact) mass is 469 g/mol. The van der Waals surface area contributed by atoms with Gasteiger partial charge in [0.05, 0.1) is 6.42 Å². The van der Waals surface area contributed by atoms with E-state index < -0.39 is 35.6 Å². The summed E-state index contributed by atoms with van der Waals surface area (Å²) in [5, 5.41) is 19.5. The van der Waals surface area contributed by atoms with Gasteiger partial charge >= 0.3 is 17.4 Å². The summed E-state index contributed by atoms with van der Waals surface area (Å²) in [6.07, 6.45) is 1.27. The molecule has 0 N–H and O–H groups in total. The number of carboxylic acid groups (broad SMARTS) is 2. The molecular weight excluding hydrogens is 431 g/mol. The van der Waals surface area contributed by atoms with Crippen LogP contribution in [0.1, 0.15) is 100 Å². The fourth-order valence-electron chi connectivity index (χ4n) is 1.73. The summed E-state index contributed by atoms with van der Waals surface area (Å²) in [4.78, 5) is 63.4. The van der Waals surface area contributed by atoms with Crippen molar-refractivity contribution in [3.63, 3.8) is 0 Å². The molecule has 1 radical (unpaired) electrons. The first-order valence-corrected chi connectivity index (χ1v) is 10.4. The molecule has 0 spiro atoms. The first-order chi connectivity index (χ1) is 13.9. The zero-order valence-corrected chi connectivity index (χ0v) is 21.9. The molecule has 9 heteroatoms. The van der Waals surface area contributed by atoms with E-state index in [1.165, 1.54) is 0 Å². The van der Waals surface area contributed by atoms with Crippen LogP contribution in [0.4, 0.5) is 0 Å². The van der Waals surface area contributed by atoms with Gasteiger partial charge in [0.25, 0.3) is 0 Å². The van der Waals surface area contributed by atoms with Gasteiger partial charge in [-0.1, -0.05) is 55.4 Å². The third-order valence-electron chi connectivity index (χ3n) is 3.73. The zero-order chi connectivity index (χ0) is 25.4. The van der Waals surface area contributed by atoms with Crippen LogP contribution in [0, 0.1) is 10.8 Å². The van der Waals surface area contributed by atoms with E-state index in [0.717, 1.165) is 0 Å². The van der Waals surface area contributed by atoms with Crippen LogP contribution < -0.4 is 10.2 Å². The summed E-state index contributed by atoms with van der Waals surface area (Å²) >= 11 is 0. The van der Waals surface area contributed by atoms with Crippen LogP contribution in [0.2, 0.25) is 0 Å². The average Bonchev–Trinajstić information content (AvgIpc) is 2.53. The minimum absolute atomic E-state index is 0. The molecule has 0 rings (SSSR count). The van der Waals surface area contributed by atoms with Crippen LogP contribution in [-0.4, -0.2) is 52.4 Å². The topological polar surface area (TPSA) is 149 Å². The van der Waals surface area contributed by atoms with Gasteiger partial charge in [0.1, 0.15) is 23.1 Å². The molecule has 0 saturated carbocycles. The van der Waals surface area contributed by atoms with Crippen molar-refractivity contribution in [1.82, 2.24) is 0 Å². The Morgan fingerprint density at radius 2 is 0.812 bits per heavy atom. The molecule has 0 saturated heterocycles. The van der Waals surface area contributed by atoms with Crippen molar-refractivity contribution in [1.29, 1.82) is 0 Å². The number of hydrogen-bond donors (Lipinski definition) is 0. The van der Waals surface area contributed by atoms with E-state index in [1.54, 1.807) is 0 Å². The summed E-state index contributed by atoms with van der Waals surface area (Å²) in [6, 6.07) is 0. The number of rotatable bonds is 10. The molecule has 0 amide bonds. The first-order valence-electron chi connectivity index (χ1n) is 10.4. The number of hydrogen-bond acceptors (Lipinski definition) is 8. The molecule has 0 atom stereocenters. The normalized spacial score (nSPS) is 10.2. The maximum atomic E-state index is 11.5. The Bertz CT molecular complexity index is 571. The van der Waals surface area contributed by atoms with Crippen LogP contribution >= 0.6 is 0 Å². The van der Waals surface area contributed by atoms with Crippen molar-refractivity contribution in [3.8, 4) is 0 Å². The summed E-state index contributed by atoms with van der Waals surface area (Å²) < 4.78 is 0. The van der Waals surface area contributed by atoms with Crippen molar-refractivity contribution in [3.05, 3.63) is 0 Å². The number of carboxylic acids is 2. The third-order valence-corrected chi connectivity index (χ3v) is 3.73. The largest absolute Gasteiger partial charge is 2.00 e. The molecule has 0 aromatic carbocycles. The second-order valence-corrected chi connectivity index (χ2v) is 9.20. The van der Waals surface area contributed by atoms with Gasteiger partial charge < -0.3 is 19.8 Å². The molecule has 0 fully saturated rings. The smallest absolute Gasteiger partial charge is 0.550 e. The number of aliphatic carboxylic acids is 2. The van der Waals surface area contributed by atoms with Crippen LogP contribution in [0.5, 0.6) is 0 Å². The van der Waals surface area contributed by atoms with Crippen molar-refractivity contribution < 1.29 is 39.0 Å². The van der Waals surface area contributed by atoms with Gasteiger partial charge in [0, 0.05) is 48.5 Å². The second-order valence-electron chi connectivity index (χ2n) is 9.20. The van der Waals surface area contributed by atoms with E-state index in [4.69, 9.17) is 0 Å². The number of Topliss-reactive ketones (excluding diaryl/α,β-unsaturated/α-hetero) is 4. The van der Waals surface area contributed by atoms with Crippen LogP contribution in [0.25, 0.3) is 0 Å². The Kier molecular flexibility index (Phi) is 21.9. The number of carbonyl (C=O) groups is 6. The zero-order valence-electron chi connectivity index (χ0n) is 20.8. The van der Waals surface area contributed by atoms with Gasteiger partial charge in [-0.05, 0) is 12.8 Å². The Hall–Kier alpha value is -1.85. The predicted molar refractivity (Wildman–Crippen MR) is 118 cm³/mol. The standard InChI is InChI=1S/C11H20O2.2C6H10O3.Al/c1-10(2,3)8(12)7-9(13)11(4,5)6;2*1-2-3-5(7)4-6(8)9;/h7H2,1-6H3;2*2-4H2,1H3,(H,8,9);/q;;;+2/p-2. The minimum Gasteiger partial charge on any atom is -0.550 e. The Morgan fingerprint density at radius 3 is 0.969 bits per heavy atom. The van der Waals surface area contributed by atoms with Crippen molar-refractivity contribution in [2.45, 2.75) is 100 Å². The van der Waals surface area contributed by atoms with Crippen LogP contribution in [0.15, 0.2) is 0 Å². The molecule has 0 heterocycles. The first kappa shape index (κ1) is 37.5. The molecule has 0 unspecified atom stereocenters. The van der Waals surface area contributed by atoms with Crippen LogP contribution in [-0.2, 0) is 28.8 Å². The van der Waals surface area contributed by atoms with Gasteiger partial charge in [-0.2, -0.15) is 0 Å². The molecule has 0 aromatic rings. The molecule has 8 nitrogen and oxygen atoms in total. The molecule has 0 aliphatic rings. The SMILES string of the molecule is CC(C)(C)C(=O)CC(=O)C(C)(C)C.CCCC(=O)CC(=O)[O-].CCCC(=O)CC(=O)[O-].[Al+2]. The Balaban J connectivity index is -0.000000186. The Morgan fingerprint density at radius 1 is 0.562 bits per heavy atom. The molecule has 0 aromatic heterocycles. The summed E-state index contributed by atoms with van der Waals surface area (Å²) in [5.41, 5.74) is -0.804. The van der Waals surface area contributed by atoms with Gasteiger partial charge in [-0.3, -0.25) is 19.2 Å². The van der Waals surface area contributed by atoms with E-state index in [-0.39, 0.29) is 46.9 Å². The van der Waals surface area contributed by atoms with Gasteiger partial charge in [0.15, 0.2) is 0 Å². The van der Waals surface area contributed by atoms with E-state index >= 15 is 0 Å². The fraction of sp³-hybridized carbons (Fsp3) is 0.739. The predicted octanol–water partition coefficient (Wildman–Crippen LogP) is 1.22. The second kappa shape index (κ2) is 18.7. The summed E-state index contributed by atoms with van der Waals surface area (Å²) in [7, 11) is 0. The summed E-state index contributed by atoms with van der Waals surface area (Å²) in [6.45, 7) is 14.7. The fourth-order valence-corrected chi connectivity index (χ4v) is 1.73. The van der Waals surface area contributed by atoms with Gasteiger partial charge in [0.2, 0.25) is 0 Å². The summed E-state index contributed by atoms with van der Waals surface area (Å²) in [5.74, 6) is -3.03. The van der Waals surface area contributed by atoms with E-state index in [2.05, 4.69) is 0 Å². The third kappa shape index (κ3) is 26.2. The van der Waals surface area contributed by atoms with Gasteiger partial charge in [-0.15, -0.1) is 0 Å². The van der Waals surface area contributed by atoms with E-state index in [0.29, 0.717) is 25.7 Å². The molecular formula is C23H38AlO8. The maximum absolute atomic E-state index is 11.5. The van der Waals surface area contributed by atoms with E-state index in [9.17, 15) is 39.0 Å². The quantitative estimate of drug-likeness (QED) is 0.342.